The molecule has 1 unspecified atom stereocenters. The first-order chi connectivity index (χ1) is 17.9. The van der Waals surface area contributed by atoms with Crippen LogP contribution in [0.4, 0.5) is 5.69 Å². The molecule has 0 aliphatic carbocycles. The highest BCUT2D eigenvalue weighted by molar-refractivity contribution is 5.94. The van der Waals surface area contributed by atoms with E-state index >= 15 is 0 Å². The van der Waals surface area contributed by atoms with Gasteiger partial charge in [-0.15, -0.1) is 0 Å². The molecule has 4 aromatic rings. The first kappa shape index (κ1) is 25.0. The summed E-state index contributed by atoms with van der Waals surface area (Å²) in [5.41, 5.74) is 7.39. The summed E-state index contributed by atoms with van der Waals surface area (Å²) in [6.45, 7) is 4.26. The number of anilines is 1. The molecule has 1 aliphatic rings. The largest absolute Gasteiger partial charge is 0.387 e. The van der Waals surface area contributed by atoms with E-state index in [4.69, 9.17) is 4.98 Å². The number of aryl methyl sites for hydroxylation is 1. The smallest absolute Gasteiger partial charge is 0.253 e. The van der Waals surface area contributed by atoms with Crippen molar-refractivity contribution in [2.24, 2.45) is 7.05 Å². The molecule has 1 aliphatic heterocycles. The van der Waals surface area contributed by atoms with Gasteiger partial charge in [-0.3, -0.25) is 14.7 Å². The van der Waals surface area contributed by atoms with Crippen LogP contribution in [0.1, 0.15) is 47.3 Å². The Bertz CT molecular complexity index is 1390. The zero-order valence-electron chi connectivity index (χ0n) is 22.4. The van der Waals surface area contributed by atoms with Crippen molar-refractivity contribution in [2.75, 3.05) is 33.0 Å². The van der Waals surface area contributed by atoms with Gasteiger partial charge in [0.25, 0.3) is 5.91 Å². The number of hydrogen-bond acceptors (Lipinski definition) is 5. The number of nitrogens with zero attached hydrogens (tertiary/aromatic N) is 5. The van der Waals surface area contributed by atoms with E-state index in [1.54, 1.807) is 19.0 Å². The Labute approximate surface area is 219 Å². The Morgan fingerprint density at radius 1 is 1.11 bits per heavy atom. The average Bonchev–Trinajstić information content (AvgIpc) is 3.24. The molecule has 1 saturated heterocycles. The molecular formula is C30H36N6O. The summed E-state index contributed by atoms with van der Waals surface area (Å²) in [6.07, 6.45) is 5.96. The quantitative estimate of drug-likeness (QED) is 0.400. The number of likely N-dealkylation sites (tertiary alicyclic amines) is 1. The molecular weight excluding hydrogens is 460 g/mol. The standard InChI is InChI=1S/C30H36N6O/c1-20-16-23(21-6-8-22(9-7-21)30(37)34(3)4)13-15-36(20)19-25-17-27-26(12-14-32-29(27)35(25)5)28-11-10-24(31-2)18-33-28/h6-12,14,17-18,20,23,31H,13,15-16,19H2,1-5H3/t20-,23?/m0/s1. The molecule has 7 nitrogen and oxygen atoms in total. The number of benzene rings is 1. The lowest BCUT2D eigenvalue weighted by molar-refractivity contribution is 0.0827. The van der Waals surface area contributed by atoms with Gasteiger partial charge in [0.15, 0.2) is 0 Å². The van der Waals surface area contributed by atoms with Gasteiger partial charge in [-0.25, -0.2) is 4.98 Å². The number of carbonyl (C=O) groups excluding carboxylic acids is 1. The predicted molar refractivity (Wildman–Crippen MR) is 150 cm³/mol. The number of amides is 1. The number of rotatable bonds is 6. The van der Waals surface area contributed by atoms with Crippen molar-refractivity contribution in [1.29, 1.82) is 0 Å². The number of hydrogen-bond donors (Lipinski definition) is 1. The normalized spacial score (nSPS) is 18.2. The molecule has 2 atom stereocenters. The van der Waals surface area contributed by atoms with E-state index in [1.807, 2.05) is 31.6 Å². The van der Waals surface area contributed by atoms with Crippen LogP contribution in [0.5, 0.6) is 0 Å². The van der Waals surface area contributed by atoms with E-state index in [2.05, 4.69) is 70.1 Å². The molecule has 1 aromatic carbocycles. The van der Waals surface area contributed by atoms with E-state index in [0.717, 1.165) is 59.5 Å². The third-order valence-corrected chi connectivity index (χ3v) is 7.77. The number of piperidine rings is 1. The lowest BCUT2D eigenvalue weighted by Crippen LogP contribution is -2.39. The van der Waals surface area contributed by atoms with Crippen molar-refractivity contribution >= 4 is 22.6 Å². The Balaban J connectivity index is 1.31. The minimum Gasteiger partial charge on any atom is -0.387 e. The van der Waals surface area contributed by atoms with Gasteiger partial charge in [0.1, 0.15) is 5.65 Å². The van der Waals surface area contributed by atoms with Gasteiger partial charge in [-0.1, -0.05) is 12.1 Å². The monoisotopic (exact) mass is 496 g/mol. The van der Waals surface area contributed by atoms with Crippen molar-refractivity contribution < 1.29 is 4.79 Å². The minimum absolute atomic E-state index is 0.0492. The van der Waals surface area contributed by atoms with Crippen LogP contribution < -0.4 is 5.32 Å². The highest BCUT2D eigenvalue weighted by atomic mass is 16.2. The SMILES string of the molecule is CNc1ccc(-c2ccnc3c2cc(CN2CCC(c4ccc(C(=O)N(C)C)cc4)C[C@@H]2C)n3C)nc1. The summed E-state index contributed by atoms with van der Waals surface area (Å²) >= 11 is 0. The number of fused-ring (bicyclic) bond motifs is 1. The van der Waals surface area contributed by atoms with Gasteiger partial charge in [0.2, 0.25) is 0 Å². The Kier molecular flexibility index (Phi) is 6.98. The van der Waals surface area contributed by atoms with Crippen molar-refractivity contribution in [3.63, 3.8) is 0 Å². The fourth-order valence-electron chi connectivity index (χ4n) is 5.47. The van der Waals surface area contributed by atoms with Crippen LogP contribution in [0.15, 0.2) is 60.9 Å². The van der Waals surface area contributed by atoms with Gasteiger partial charge < -0.3 is 14.8 Å². The van der Waals surface area contributed by atoms with Crippen LogP contribution >= 0.6 is 0 Å². The van der Waals surface area contributed by atoms with E-state index in [9.17, 15) is 4.79 Å². The zero-order valence-corrected chi connectivity index (χ0v) is 22.4. The number of carbonyl (C=O) groups is 1. The number of pyridine rings is 2. The maximum atomic E-state index is 12.2. The fraction of sp³-hybridized carbons (Fsp3) is 0.367. The summed E-state index contributed by atoms with van der Waals surface area (Å²) in [6, 6.07) is 17.1. The van der Waals surface area contributed by atoms with Crippen LogP contribution in [-0.4, -0.2) is 64.0 Å². The second kappa shape index (κ2) is 10.3. The first-order valence-electron chi connectivity index (χ1n) is 13.0. The predicted octanol–water partition coefficient (Wildman–Crippen LogP) is 5.15. The molecule has 3 aromatic heterocycles. The van der Waals surface area contributed by atoms with Crippen LogP contribution in [0.2, 0.25) is 0 Å². The van der Waals surface area contributed by atoms with Gasteiger partial charge >= 0.3 is 0 Å². The highest BCUT2D eigenvalue weighted by Gasteiger charge is 2.27. The van der Waals surface area contributed by atoms with Crippen molar-refractivity contribution in [1.82, 2.24) is 24.3 Å². The van der Waals surface area contributed by atoms with E-state index in [1.165, 1.54) is 11.3 Å². The lowest BCUT2D eigenvalue weighted by Gasteiger charge is -2.38. The van der Waals surface area contributed by atoms with Gasteiger partial charge in [-0.2, -0.15) is 0 Å². The molecule has 0 bridgehead atoms. The zero-order chi connectivity index (χ0) is 26.1. The molecule has 192 valence electrons. The van der Waals surface area contributed by atoms with Gasteiger partial charge in [-0.05, 0) is 74.2 Å². The van der Waals surface area contributed by atoms with Crippen LogP contribution in [0.25, 0.3) is 22.3 Å². The number of nitrogens with one attached hydrogen (secondary N) is 1. The lowest BCUT2D eigenvalue weighted by atomic mass is 9.85. The molecule has 5 rings (SSSR count). The molecule has 37 heavy (non-hydrogen) atoms. The van der Waals surface area contributed by atoms with Crippen molar-refractivity contribution in [3.05, 3.63) is 77.7 Å². The first-order valence-corrected chi connectivity index (χ1v) is 13.0. The second-order valence-corrected chi connectivity index (χ2v) is 10.3. The Hall–Kier alpha value is -3.71. The number of aromatic nitrogens is 3. The summed E-state index contributed by atoms with van der Waals surface area (Å²) in [7, 11) is 7.59. The molecule has 0 radical (unpaired) electrons. The summed E-state index contributed by atoms with van der Waals surface area (Å²) in [5, 5.41) is 4.27. The maximum Gasteiger partial charge on any atom is 0.253 e. The van der Waals surface area contributed by atoms with E-state index in [0.29, 0.717) is 12.0 Å². The van der Waals surface area contributed by atoms with Crippen LogP contribution in [-0.2, 0) is 13.6 Å². The van der Waals surface area contributed by atoms with E-state index in [-0.39, 0.29) is 5.91 Å². The van der Waals surface area contributed by atoms with Crippen LogP contribution in [0, 0.1) is 0 Å². The van der Waals surface area contributed by atoms with Crippen molar-refractivity contribution in [3.8, 4) is 11.3 Å². The van der Waals surface area contributed by atoms with Gasteiger partial charge in [0, 0.05) is 69.2 Å². The molecule has 1 amide bonds. The Morgan fingerprint density at radius 2 is 1.89 bits per heavy atom. The summed E-state index contributed by atoms with van der Waals surface area (Å²) in [4.78, 5) is 25.8. The molecule has 0 spiro atoms. The molecule has 4 heterocycles. The minimum atomic E-state index is 0.0492. The highest BCUT2D eigenvalue weighted by Crippen LogP contribution is 2.34. The third kappa shape index (κ3) is 4.96. The molecule has 0 saturated carbocycles. The molecule has 1 N–H and O–H groups in total. The maximum absolute atomic E-state index is 12.2. The Morgan fingerprint density at radius 3 is 2.54 bits per heavy atom. The topological polar surface area (TPSA) is 66.3 Å². The third-order valence-electron chi connectivity index (χ3n) is 7.77. The average molecular weight is 497 g/mol. The van der Waals surface area contributed by atoms with Crippen LogP contribution in [0.3, 0.4) is 0 Å². The molecule has 7 heteroatoms. The van der Waals surface area contributed by atoms with E-state index < -0.39 is 0 Å². The summed E-state index contributed by atoms with van der Waals surface area (Å²) < 4.78 is 2.22. The second-order valence-electron chi connectivity index (χ2n) is 10.3. The molecule has 1 fully saturated rings. The summed E-state index contributed by atoms with van der Waals surface area (Å²) in [5.74, 6) is 0.565. The van der Waals surface area contributed by atoms with Crippen molar-refractivity contribution in [2.45, 2.75) is 38.3 Å². The fourth-order valence-corrected chi connectivity index (χ4v) is 5.47. The van der Waals surface area contributed by atoms with Gasteiger partial charge in [0.05, 0.1) is 17.6 Å².